The summed E-state index contributed by atoms with van der Waals surface area (Å²) in [7, 11) is 0. The van der Waals surface area contributed by atoms with Crippen LogP contribution >= 0.6 is 0 Å². The molecule has 0 saturated heterocycles. The standard InChI is InChI=1S/BH4.Na.6H2O/h1H4;;6*1H2/q-1;+1;;;;;;. The minimum Gasteiger partial charge on any atom is -0.412 e. The molecule has 0 unspecified atom stereocenters. The van der Waals surface area contributed by atoms with Gasteiger partial charge in [-0.3, -0.25) is 0 Å². The molecule has 0 aromatic carbocycles. The molecule has 0 amide bonds. The molecule has 0 spiro atoms. The maximum absolute atomic E-state index is 0. The second-order valence-corrected chi connectivity index (χ2v) is 0. The van der Waals surface area contributed by atoms with Gasteiger partial charge in [-0.2, -0.15) is 0 Å². The second kappa shape index (κ2) is 536. The minimum atomic E-state index is 0. The van der Waals surface area contributed by atoms with Gasteiger partial charge in [-0.1, -0.05) is 8.41 Å². The third-order valence-corrected chi connectivity index (χ3v) is 0. The van der Waals surface area contributed by atoms with Crippen LogP contribution in [0.15, 0.2) is 0 Å². The molecule has 0 aromatic rings. The van der Waals surface area contributed by atoms with E-state index in [-0.39, 0.29) is 70.8 Å². The third-order valence-electron chi connectivity index (χ3n) is 0. The van der Waals surface area contributed by atoms with Crippen LogP contribution in [0.5, 0.6) is 0 Å². The largest absolute Gasteiger partial charge is 1.00 e. The molecule has 8 heavy (non-hydrogen) atoms. The van der Waals surface area contributed by atoms with Crippen molar-refractivity contribution in [2.75, 3.05) is 0 Å². The molecule has 0 fully saturated rings. The van der Waals surface area contributed by atoms with Crippen molar-refractivity contribution in [3.8, 4) is 0 Å². The van der Waals surface area contributed by atoms with Gasteiger partial charge in [0.25, 0.3) is 0 Å². The van der Waals surface area contributed by atoms with Crippen molar-refractivity contribution in [1.82, 2.24) is 0 Å². The fourth-order valence-electron chi connectivity index (χ4n) is 0. The summed E-state index contributed by atoms with van der Waals surface area (Å²) in [6, 6.07) is 0. The summed E-state index contributed by atoms with van der Waals surface area (Å²) in [5.41, 5.74) is 0. The maximum Gasteiger partial charge on any atom is 1.00 e. The third kappa shape index (κ3) is 340. The first-order valence-electron chi connectivity index (χ1n) is 0. The quantitative estimate of drug-likeness (QED) is 0.293. The molecule has 0 bridgehead atoms. The molecule has 12 N–H and O–H groups in total. The molecular formula is H16BNaO6. The number of rotatable bonds is 0. The van der Waals surface area contributed by atoms with Crippen LogP contribution in [0.3, 0.4) is 0 Å². The van der Waals surface area contributed by atoms with E-state index in [9.17, 15) is 0 Å². The molecule has 0 atom stereocenters. The molecule has 0 aliphatic heterocycles. The van der Waals surface area contributed by atoms with E-state index in [1.165, 1.54) is 0 Å². The van der Waals surface area contributed by atoms with E-state index in [0.717, 1.165) is 0 Å². The van der Waals surface area contributed by atoms with E-state index in [0.29, 0.717) is 0 Å². The summed E-state index contributed by atoms with van der Waals surface area (Å²) in [5.74, 6) is 0. The molecule has 0 saturated carbocycles. The zero-order valence-electron chi connectivity index (χ0n) is 4.00. The fourth-order valence-corrected chi connectivity index (χ4v) is 0. The van der Waals surface area contributed by atoms with Gasteiger partial charge in [0.1, 0.15) is 0 Å². The number of hydrogen-bond acceptors (Lipinski definition) is 0. The van der Waals surface area contributed by atoms with E-state index < -0.39 is 0 Å². The first kappa shape index (κ1) is 794. The Balaban J connectivity index is 0. The van der Waals surface area contributed by atoms with Gasteiger partial charge in [-0.05, 0) is 0 Å². The molecule has 0 aromatic heterocycles. The van der Waals surface area contributed by atoms with Gasteiger partial charge in [-0.25, -0.2) is 0 Å². The maximum atomic E-state index is 0. The minimum absolute atomic E-state index is 0. The predicted octanol–water partition coefficient (Wildman–Crippen LogP) is -9.40. The van der Waals surface area contributed by atoms with Crippen LogP contribution in [0.2, 0.25) is 0 Å². The van der Waals surface area contributed by atoms with Crippen molar-refractivity contribution in [3.05, 3.63) is 0 Å². The summed E-state index contributed by atoms with van der Waals surface area (Å²) in [4.78, 5) is 0. The number of hydrogen-bond donors (Lipinski definition) is 0. The van der Waals surface area contributed by atoms with E-state index in [1.54, 1.807) is 0 Å². The Morgan fingerprint density at radius 1 is 0.375 bits per heavy atom. The molecular weight excluding hydrogens is 130 g/mol. The van der Waals surface area contributed by atoms with Gasteiger partial charge in [0.05, 0.1) is 0 Å². The van der Waals surface area contributed by atoms with Crippen LogP contribution in [-0.4, -0.2) is 41.3 Å². The molecule has 8 heteroatoms. The summed E-state index contributed by atoms with van der Waals surface area (Å²) in [6.45, 7) is 0. The average molecular weight is 146 g/mol. The Labute approximate surface area is 71.0 Å². The zero-order chi connectivity index (χ0) is 0. The Kier molecular flexibility index (Phi) is 53200. The van der Waals surface area contributed by atoms with E-state index >= 15 is 0 Å². The van der Waals surface area contributed by atoms with Gasteiger partial charge in [0, 0.05) is 0 Å². The van der Waals surface area contributed by atoms with Crippen molar-refractivity contribution >= 4 is 8.41 Å². The van der Waals surface area contributed by atoms with Crippen LogP contribution in [0.4, 0.5) is 0 Å². The van der Waals surface area contributed by atoms with Gasteiger partial charge >= 0.3 is 29.6 Å². The van der Waals surface area contributed by atoms with E-state index in [2.05, 4.69) is 0 Å². The molecule has 0 aliphatic rings. The van der Waals surface area contributed by atoms with Crippen LogP contribution in [0.1, 0.15) is 0 Å². The Hall–Kier alpha value is 0.825. The first-order chi connectivity index (χ1) is 0. The van der Waals surface area contributed by atoms with Crippen LogP contribution in [0.25, 0.3) is 0 Å². The van der Waals surface area contributed by atoms with Gasteiger partial charge in [-0.15, -0.1) is 0 Å². The van der Waals surface area contributed by atoms with Crippen molar-refractivity contribution in [3.63, 3.8) is 0 Å². The SMILES string of the molecule is O.O.O.O.O.O.[BH4-].[Na+]. The summed E-state index contributed by atoms with van der Waals surface area (Å²) in [6.07, 6.45) is 0. The van der Waals surface area contributed by atoms with Crippen molar-refractivity contribution in [1.29, 1.82) is 0 Å². The van der Waals surface area contributed by atoms with Gasteiger partial charge in [0.15, 0.2) is 0 Å². The first-order valence-corrected chi connectivity index (χ1v) is 0. The van der Waals surface area contributed by atoms with Crippen molar-refractivity contribution in [2.24, 2.45) is 0 Å². The average Bonchev–Trinajstić information content (AvgIpc) is 0. The van der Waals surface area contributed by atoms with Gasteiger partial charge < -0.3 is 32.9 Å². The van der Waals surface area contributed by atoms with Gasteiger partial charge in [0.2, 0.25) is 0 Å². The summed E-state index contributed by atoms with van der Waals surface area (Å²) < 4.78 is 0. The Morgan fingerprint density at radius 2 is 0.375 bits per heavy atom. The normalized spacial score (nSPS) is 0. The smallest absolute Gasteiger partial charge is 0.412 e. The molecule has 0 aliphatic carbocycles. The van der Waals surface area contributed by atoms with E-state index in [1.807, 2.05) is 0 Å². The van der Waals surface area contributed by atoms with Crippen LogP contribution in [-0.2, 0) is 0 Å². The zero-order valence-corrected chi connectivity index (χ0v) is 6.00. The van der Waals surface area contributed by atoms with Crippen molar-refractivity contribution < 1.29 is 62.4 Å². The van der Waals surface area contributed by atoms with Crippen molar-refractivity contribution in [2.45, 2.75) is 0 Å². The predicted molar refractivity (Wildman–Crippen MR) is 33.0 cm³/mol. The monoisotopic (exact) mass is 146 g/mol. The van der Waals surface area contributed by atoms with E-state index in [4.69, 9.17) is 0 Å². The van der Waals surface area contributed by atoms with Crippen LogP contribution in [0, 0.1) is 0 Å². The second-order valence-electron chi connectivity index (χ2n) is 0. The molecule has 56 valence electrons. The molecule has 0 heterocycles. The summed E-state index contributed by atoms with van der Waals surface area (Å²) >= 11 is 0. The van der Waals surface area contributed by atoms with Crippen LogP contribution < -0.4 is 29.6 Å². The molecule has 0 radical (unpaired) electrons. The molecule has 0 rings (SSSR count). The molecule has 6 nitrogen and oxygen atoms in total. The topological polar surface area (TPSA) is 189 Å². The summed E-state index contributed by atoms with van der Waals surface area (Å²) in [5, 5.41) is 0. The fraction of sp³-hybridized carbons (Fsp3) is 0. The Morgan fingerprint density at radius 3 is 0.375 bits per heavy atom. The Bertz CT molecular complexity index is 8.49.